The highest BCUT2D eigenvalue weighted by atomic mass is 79.9. The zero-order valence-corrected chi connectivity index (χ0v) is 13.9. The minimum absolute atomic E-state index is 0.0613. The van der Waals surface area contributed by atoms with Crippen LogP contribution in [0.15, 0.2) is 16.6 Å². The molecule has 20 heavy (non-hydrogen) atoms. The number of fused-ring (bicyclic) bond motifs is 1. The number of carbonyl (C=O) groups is 1. The summed E-state index contributed by atoms with van der Waals surface area (Å²) in [5.41, 5.74) is 1.72. The minimum Gasteiger partial charge on any atom is -0.346 e. The molecule has 0 bridgehead atoms. The van der Waals surface area contributed by atoms with E-state index in [-0.39, 0.29) is 5.91 Å². The van der Waals surface area contributed by atoms with Gasteiger partial charge in [-0.1, -0.05) is 13.8 Å². The highest BCUT2D eigenvalue weighted by molar-refractivity contribution is 9.10. The van der Waals surface area contributed by atoms with E-state index in [2.05, 4.69) is 27.3 Å². The van der Waals surface area contributed by atoms with Crippen molar-refractivity contribution in [3.8, 4) is 6.07 Å². The van der Waals surface area contributed by atoms with E-state index in [1.54, 1.807) is 0 Å². The lowest BCUT2D eigenvalue weighted by Gasteiger charge is -2.44. The Bertz CT molecular complexity index is 610. The van der Waals surface area contributed by atoms with Crippen LogP contribution in [0.1, 0.15) is 57.2 Å². The van der Waals surface area contributed by atoms with E-state index in [4.69, 9.17) is 0 Å². The van der Waals surface area contributed by atoms with E-state index >= 15 is 0 Å². The van der Waals surface area contributed by atoms with Crippen LogP contribution in [0.25, 0.3) is 0 Å². The average molecular weight is 335 g/mol. The van der Waals surface area contributed by atoms with Gasteiger partial charge in [0, 0.05) is 4.47 Å². The van der Waals surface area contributed by atoms with Crippen LogP contribution < -0.4 is 5.32 Å². The Morgan fingerprint density at radius 1 is 1.25 bits per heavy atom. The first-order valence-corrected chi connectivity index (χ1v) is 7.69. The van der Waals surface area contributed by atoms with Crippen LogP contribution in [-0.4, -0.2) is 5.91 Å². The molecule has 0 atom stereocenters. The van der Waals surface area contributed by atoms with E-state index in [1.807, 2.05) is 39.8 Å². The van der Waals surface area contributed by atoms with Crippen LogP contribution in [0.3, 0.4) is 0 Å². The molecule has 1 N–H and O–H groups in total. The Morgan fingerprint density at radius 2 is 1.85 bits per heavy atom. The lowest BCUT2D eigenvalue weighted by molar-refractivity contribution is -0.130. The van der Waals surface area contributed by atoms with Gasteiger partial charge in [0.05, 0.1) is 16.5 Å². The van der Waals surface area contributed by atoms with Gasteiger partial charge in [-0.05, 0) is 65.9 Å². The van der Waals surface area contributed by atoms with Crippen molar-refractivity contribution in [1.29, 1.82) is 5.26 Å². The van der Waals surface area contributed by atoms with Gasteiger partial charge < -0.3 is 5.32 Å². The number of halogens is 1. The van der Waals surface area contributed by atoms with E-state index in [1.165, 1.54) is 0 Å². The van der Waals surface area contributed by atoms with Gasteiger partial charge in [-0.3, -0.25) is 4.79 Å². The molecule has 3 nitrogen and oxygen atoms in total. The molecule has 1 aliphatic rings. The smallest absolute Gasteiger partial charge is 0.231 e. The molecule has 0 radical (unpaired) electrons. The SMILES string of the molecule is CCC1(CC)C(=O)NC(C)(C)c2cc(Br)c(C#N)cc21. The largest absolute Gasteiger partial charge is 0.346 e. The average Bonchev–Trinajstić information content (AvgIpc) is 2.40. The molecule has 0 saturated carbocycles. The Hall–Kier alpha value is -1.34. The maximum absolute atomic E-state index is 12.6. The molecule has 0 aliphatic carbocycles. The topological polar surface area (TPSA) is 52.9 Å². The van der Waals surface area contributed by atoms with Crippen LogP contribution in [0.4, 0.5) is 0 Å². The lowest BCUT2D eigenvalue weighted by Crippen LogP contribution is -2.56. The number of nitrogens with zero attached hydrogens (tertiary/aromatic N) is 1. The van der Waals surface area contributed by atoms with Crippen molar-refractivity contribution >= 4 is 21.8 Å². The van der Waals surface area contributed by atoms with Crippen LogP contribution >= 0.6 is 15.9 Å². The summed E-state index contributed by atoms with van der Waals surface area (Å²) in [6.45, 7) is 8.05. The van der Waals surface area contributed by atoms with Crippen LogP contribution in [0, 0.1) is 11.3 Å². The summed E-state index contributed by atoms with van der Waals surface area (Å²) in [7, 11) is 0. The van der Waals surface area contributed by atoms with Gasteiger partial charge in [0.25, 0.3) is 0 Å². The quantitative estimate of drug-likeness (QED) is 0.895. The first-order chi connectivity index (χ1) is 9.32. The predicted octanol–water partition coefficient (Wildman–Crippen LogP) is 3.74. The van der Waals surface area contributed by atoms with Gasteiger partial charge in [0.1, 0.15) is 6.07 Å². The van der Waals surface area contributed by atoms with Crippen molar-refractivity contribution < 1.29 is 4.79 Å². The second-order valence-corrected chi connectivity index (χ2v) is 6.71. The van der Waals surface area contributed by atoms with Crippen molar-refractivity contribution in [1.82, 2.24) is 5.32 Å². The van der Waals surface area contributed by atoms with Crippen molar-refractivity contribution in [2.75, 3.05) is 0 Å². The number of hydrogen-bond acceptors (Lipinski definition) is 2. The lowest BCUT2D eigenvalue weighted by atomic mass is 9.66. The Kier molecular flexibility index (Phi) is 3.68. The normalized spacial score (nSPS) is 18.9. The van der Waals surface area contributed by atoms with Crippen molar-refractivity contribution in [2.24, 2.45) is 0 Å². The van der Waals surface area contributed by atoms with Gasteiger partial charge in [0.2, 0.25) is 5.91 Å². The zero-order valence-electron chi connectivity index (χ0n) is 12.3. The Morgan fingerprint density at radius 3 is 2.35 bits per heavy atom. The number of rotatable bonds is 2. The summed E-state index contributed by atoms with van der Waals surface area (Å²) in [6, 6.07) is 6.06. The Balaban J connectivity index is 2.83. The molecule has 1 aliphatic heterocycles. The summed E-state index contributed by atoms with van der Waals surface area (Å²) in [6.07, 6.45) is 1.45. The number of nitriles is 1. The molecule has 0 unspecified atom stereocenters. The Labute approximate surface area is 128 Å². The minimum atomic E-state index is -0.531. The monoisotopic (exact) mass is 334 g/mol. The molecule has 0 spiro atoms. The fraction of sp³-hybridized carbons (Fsp3) is 0.500. The van der Waals surface area contributed by atoms with Crippen molar-refractivity contribution in [3.05, 3.63) is 33.3 Å². The van der Waals surface area contributed by atoms with Crippen LogP contribution in [-0.2, 0) is 15.7 Å². The summed E-state index contributed by atoms with van der Waals surface area (Å²) < 4.78 is 0.782. The molecule has 2 rings (SSSR count). The van der Waals surface area contributed by atoms with Crippen molar-refractivity contribution in [2.45, 2.75) is 51.5 Å². The molecule has 0 fully saturated rings. The molecular formula is C16H19BrN2O. The third kappa shape index (κ3) is 1.96. The second kappa shape index (κ2) is 4.89. The fourth-order valence-corrected chi connectivity index (χ4v) is 3.55. The molecule has 1 amide bonds. The van der Waals surface area contributed by atoms with Crippen LogP contribution in [0.2, 0.25) is 0 Å². The van der Waals surface area contributed by atoms with Crippen LogP contribution in [0.5, 0.6) is 0 Å². The summed E-state index contributed by atoms with van der Waals surface area (Å²) in [5, 5.41) is 12.4. The van der Waals surface area contributed by atoms with Gasteiger partial charge in [0.15, 0.2) is 0 Å². The first-order valence-electron chi connectivity index (χ1n) is 6.89. The van der Waals surface area contributed by atoms with E-state index in [0.29, 0.717) is 5.56 Å². The van der Waals surface area contributed by atoms with Gasteiger partial charge in [-0.15, -0.1) is 0 Å². The number of hydrogen-bond donors (Lipinski definition) is 1. The highest BCUT2D eigenvalue weighted by Gasteiger charge is 2.47. The molecule has 4 heteroatoms. The van der Waals surface area contributed by atoms with Gasteiger partial charge in [-0.2, -0.15) is 5.26 Å². The highest BCUT2D eigenvalue weighted by Crippen LogP contribution is 2.44. The third-order valence-corrected chi connectivity index (χ3v) is 5.14. The van der Waals surface area contributed by atoms with Crippen molar-refractivity contribution in [3.63, 3.8) is 0 Å². The van der Waals surface area contributed by atoms with Gasteiger partial charge in [-0.25, -0.2) is 0 Å². The summed E-state index contributed by atoms with van der Waals surface area (Å²) in [4.78, 5) is 12.6. The molecule has 1 aromatic rings. The zero-order chi connectivity index (χ0) is 15.1. The third-order valence-electron chi connectivity index (χ3n) is 4.48. The number of amides is 1. The van der Waals surface area contributed by atoms with Gasteiger partial charge >= 0.3 is 0 Å². The number of carbonyl (C=O) groups excluding carboxylic acids is 1. The summed E-state index contributed by atoms with van der Waals surface area (Å²) >= 11 is 3.45. The fourth-order valence-electron chi connectivity index (χ4n) is 3.12. The molecule has 106 valence electrons. The second-order valence-electron chi connectivity index (χ2n) is 5.86. The number of benzene rings is 1. The molecule has 0 aromatic heterocycles. The molecule has 1 aromatic carbocycles. The maximum atomic E-state index is 12.6. The molecule has 0 saturated heterocycles. The first kappa shape index (κ1) is 15.1. The van der Waals surface area contributed by atoms with E-state index < -0.39 is 11.0 Å². The molecular weight excluding hydrogens is 316 g/mol. The summed E-state index contributed by atoms with van der Waals surface area (Å²) in [5.74, 6) is 0.0613. The number of nitrogens with one attached hydrogen (secondary N) is 1. The van der Waals surface area contributed by atoms with E-state index in [9.17, 15) is 10.1 Å². The maximum Gasteiger partial charge on any atom is 0.231 e. The molecule has 1 heterocycles. The van der Waals surface area contributed by atoms with E-state index in [0.717, 1.165) is 28.4 Å². The predicted molar refractivity (Wildman–Crippen MR) is 82.3 cm³/mol. The standard InChI is InChI=1S/C16H19BrN2O/c1-5-16(6-2)12-7-10(9-18)13(17)8-11(12)15(3,4)19-14(16)20/h7-8H,5-6H2,1-4H3,(H,19,20).